The second-order valence-electron chi connectivity index (χ2n) is 4.79. The van der Waals surface area contributed by atoms with Gasteiger partial charge < -0.3 is 5.11 Å². The van der Waals surface area contributed by atoms with E-state index in [-0.39, 0.29) is 6.10 Å². The molecular weight excluding hydrogens is 258 g/mol. The Bertz CT molecular complexity index is 542. The zero-order valence-electron chi connectivity index (χ0n) is 11.0. The molecule has 0 aliphatic rings. The van der Waals surface area contributed by atoms with E-state index < -0.39 is 0 Å². The van der Waals surface area contributed by atoms with Crippen molar-refractivity contribution >= 4 is 11.6 Å². The zero-order valence-corrected chi connectivity index (χ0v) is 11.8. The van der Waals surface area contributed by atoms with Crippen molar-refractivity contribution in [3.05, 3.63) is 64.4 Å². The maximum Gasteiger partial charge on any atom is 0.0622 e. The third-order valence-electron chi connectivity index (χ3n) is 3.32. The van der Waals surface area contributed by atoms with Crippen LogP contribution in [0.2, 0.25) is 5.02 Å². The second-order valence-corrected chi connectivity index (χ2v) is 5.20. The van der Waals surface area contributed by atoms with Gasteiger partial charge in [0, 0.05) is 12.4 Å². The Morgan fingerprint density at radius 2 is 2.00 bits per heavy atom. The Morgan fingerprint density at radius 3 is 2.74 bits per heavy atom. The topological polar surface area (TPSA) is 33.1 Å². The van der Waals surface area contributed by atoms with Crippen LogP contribution in [0.25, 0.3) is 0 Å². The van der Waals surface area contributed by atoms with E-state index in [4.69, 9.17) is 11.6 Å². The van der Waals surface area contributed by atoms with Crippen molar-refractivity contribution in [2.24, 2.45) is 0 Å². The van der Waals surface area contributed by atoms with Gasteiger partial charge in [0.15, 0.2) is 0 Å². The molecule has 100 valence electrons. The molecule has 0 amide bonds. The van der Waals surface area contributed by atoms with E-state index in [1.165, 1.54) is 11.1 Å². The molecule has 0 saturated carbocycles. The van der Waals surface area contributed by atoms with Crippen molar-refractivity contribution < 1.29 is 5.11 Å². The number of aryl methyl sites for hydroxylation is 2. The maximum atomic E-state index is 10.1. The molecular formula is C16H18ClNO. The highest BCUT2D eigenvalue weighted by Crippen LogP contribution is 2.18. The molecule has 1 unspecified atom stereocenters. The highest BCUT2D eigenvalue weighted by molar-refractivity contribution is 6.31. The molecule has 0 saturated heterocycles. The highest BCUT2D eigenvalue weighted by Gasteiger charge is 2.09. The molecule has 2 nitrogen and oxygen atoms in total. The second kappa shape index (κ2) is 6.69. The van der Waals surface area contributed by atoms with Crippen molar-refractivity contribution in [1.29, 1.82) is 0 Å². The molecule has 1 aromatic carbocycles. The summed E-state index contributed by atoms with van der Waals surface area (Å²) in [5.74, 6) is 0. The number of nitrogens with zero attached hydrogens (tertiary/aromatic N) is 1. The molecule has 0 fully saturated rings. The Hall–Kier alpha value is -1.38. The molecule has 0 spiro atoms. The van der Waals surface area contributed by atoms with Gasteiger partial charge in [-0.05, 0) is 48.9 Å². The van der Waals surface area contributed by atoms with E-state index >= 15 is 0 Å². The fourth-order valence-electron chi connectivity index (χ4n) is 2.14. The van der Waals surface area contributed by atoms with E-state index in [0.717, 1.165) is 18.4 Å². The summed E-state index contributed by atoms with van der Waals surface area (Å²) in [7, 11) is 0. The van der Waals surface area contributed by atoms with E-state index in [0.29, 0.717) is 11.4 Å². The van der Waals surface area contributed by atoms with Crippen molar-refractivity contribution in [3.8, 4) is 0 Å². The normalized spacial score (nSPS) is 12.4. The third kappa shape index (κ3) is 4.05. The summed E-state index contributed by atoms with van der Waals surface area (Å²) in [5, 5.41) is 10.7. The average Bonchev–Trinajstić information content (AvgIpc) is 2.40. The number of aliphatic hydroxyl groups is 1. The monoisotopic (exact) mass is 275 g/mol. The summed E-state index contributed by atoms with van der Waals surface area (Å²) in [6, 6.07) is 10.1. The van der Waals surface area contributed by atoms with Gasteiger partial charge >= 0.3 is 0 Å². The van der Waals surface area contributed by atoms with Crippen LogP contribution in [0, 0.1) is 6.92 Å². The number of rotatable bonds is 5. The SMILES string of the molecule is Cc1ccccc1CCC(O)Cc1ccncc1Cl. The van der Waals surface area contributed by atoms with Gasteiger partial charge in [0.25, 0.3) is 0 Å². The van der Waals surface area contributed by atoms with Crippen molar-refractivity contribution in [2.45, 2.75) is 32.3 Å². The summed E-state index contributed by atoms with van der Waals surface area (Å²) < 4.78 is 0. The maximum absolute atomic E-state index is 10.1. The van der Waals surface area contributed by atoms with Crippen LogP contribution in [-0.4, -0.2) is 16.2 Å². The summed E-state index contributed by atoms with van der Waals surface area (Å²) in [6.45, 7) is 2.10. The molecule has 2 rings (SSSR count). The molecule has 3 heteroatoms. The molecule has 1 heterocycles. The Balaban J connectivity index is 1.90. The largest absolute Gasteiger partial charge is 0.393 e. The van der Waals surface area contributed by atoms with Crippen LogP contribution in [0.5, 0.6) is 0 Å². The lowest BCUT2D eigenvalue weighted by molar-refractivity contribution is 0.165. The molecule has 0 bridgehead atoms. The quantitative estimate of drug-likeness (QED) is 0.905. The van der Waals surface area contributed by atoms with Gasteiger partial charge in [-0.3, -0.25) is 4.98 Å². The average molecular weight is 276 g/mol. The minimum absolute atomic E-state index is 0.375. The molecule has 0 aliphatic carbocycles. The van der Waals surface area contributed by atoms with E-state index in [2.05, 4.69) is 24.0 Å². The first-order valence-electron chi connectivity index (χ1n) is 6.48. The van der Waals surface area contributed by atoms with Crippen molar-refractivity contribution in [3.63, 3.8) is 0 Å². The molecule has 0 aliphatic heterocycles. The number of halogens is 1. The number of hydrogen-bond acceptors (Lipinski definition) is 2. The summed E-state index contributed by atoms with van der Waals surface area (Å²) in [6.07, 6.45) is 5.15. The fraction of sp³-hybridized carbons (Fsp3) is 0.312. The molecule has 1 N–H and O–H groups in total. The molecule has 19 heavy (non-hydrogen) atoms. The summed E-state index contributed by atoms with van der Waals surface area (Å²) in [4.78, 5) is 3.94. The van der Waals surface area contributed by atoms with Crippen LogP contribution in [0.15, 0.2) is 42.7 Å². The predicted octanol–water partition coefficient (Wildman–Crippen LogP) is 3.58. The zero-order chi connectivity index (χ0) is 13.7. The standard InChI is InChI=1S/C16H18ClNO/c1-12-4-2-3-5-13(12)6-7-15(19)10-14-8-9-18-11-16(14)17/h2-5,8-9,11,15,19H,6-7,10H2,1H3. The lowest BCUT2D eigenvalue weighted by Gasteiger charge is -2.12. The lowest BCUT2D eigenvalue weighted by atomic mass is 9.99. The summed E-state index contributed by atoms with van der Waals surface area (Å²) in [5.41, 5.74) is 3.52. The predicted molar refractivity (Wildman–Crippen MR) is 78.5 cm³/mol. The number of hydrogen-bond donors (Lipinski definition) is 1. The summed E-state index contributed by atoms with van der Waals surface area (Å²) >= 11 is 6.04. The number of aromatic nitrogens is 1. The van der Waals surface area contributed by atoms with Crippen LogP contribution in [0.1, 0.15) is 23.1 Å². The first kappa shape index (κ1) is 14.0. The molecule has 2 aromatic rings. The van der Waals surface area contributed by atoms with Gasteiger partial charge in [-0.2, -0.15) is 0 Å². The van der Waals surface area contributed by atoms with E-state index in [9.17, 15) is 5.11 Å². The Morgan fingerprint density at radius 1 is 1.21 bits per heavy atom. The van der Waals surface area contributed by atoms with Gasteiger partial charge in [0.05, 0.1) is 11.1 Å². The third-order valence-corrected chi connectivity index (χ3v) is 3.66. The van der Waals surface area contributed by atoms with Gasteiger partial charge in [-0.1, -0.05) is 35.9 Å². The van der Waals surface area contributed by atoms with Gasteiger partial charge in [0.2, 0.25) is 0 Å². The minimum Gasteiger partial charge on any atom is -0.393 e. The van der Waals surface area contributed by atoms with Gasteiger partial charge in [-0.25, -0.2) is 0 Å². The first-order chi connectivity index (χ1) is 9.16. The number of aliphatic hydroxyl groups excluding tert-OH is 1. The van der Waals surface area contributed by atoms with Crippen LogP contribution in [-0.2, 0) is 12.8 Å². The van der Waals surface area contributed by atoms with Crippen LogP contribution in [0.3, 0.4) is 0 Å². The van der Waals surface area contributed by atoms with Crippen molar-refractivity contribution in [1.82, 2.24) is 4.98 Å². The van der Waals surface area contributed by atoms with E-state index in [1.54, 1.807) is 12.4 Å². The number of pyridine rings is 1. The smallest absolute Gasteiger partial charge is 0.0622 e. The fourth-order valence-corrected chi connectivity index (χ4v) is 2.33. The van der Waals surface area contributed by atoms with Crippen LogP contribution < -0.4 is 0 Å². The Labute approximate surface area is 119 Å². The van der Waals surface area contributed by atoms with E-state index in [1.807, 2.05) is 18.2 Å². The highest BCUT2D eigenvalue weighted by atomic mass is 35.5. The number of benzene rings is 1. The van der Waals surface area contributed by atoms with Crippen molar-refractivity contribution in [2.75, 3.05) is 0 Å². The molecule has 1 aromatic heterocycles. The molecule has 0 radical (unpaired) electrons. The molecule has 1 atom stereocenters. The first-order valence-corrected chi connectivity index (χ1v) is 6.85. The minimum atomic E-state index is -0.375. The van der Waals surface area contributed by atoms with Gasteiger partial charge in [0.1, 0.15) is 0 Å². The van der Waals surface area contributed by atoms with Gasteiger partial charge in [-0.15, -0.1) is 0 Å². The van der Waals surface area contributed by atoms with Crippen LogP contribution in [0.4, 0.5) is 0 Å². The van der Waals surface area contributed by atoms with Crippen LogP contribution >= 0.6 is 11.6 Å². The Kier molecular flexibility index (Phi) is 4.94. The lowest BCUT2D eigenvalue weighted by Crippen LogP contribution is -2.12.